The summed E-state index contributed by atoms with van der Waals surface area (Å²) in [4.78, 5) is 35.3. The summed E-state index contributed by atoms with van der Waals surface area (Å²) in [5.74, 6) is -5.77. The number of hydrogen-bond donors (Lipinski definition) is 2. The van der Waals surface area contributed by atoms with Crippen molar-refractivity contribution in [3.63, 3.8) is 0 Å². The van der Waals surface area contributed by atoms with E-state index in [0.717, 1.165) is 18.2 Å². The van der Waals surface area contributed by atoms with Gasteiger partial charge in [0.1, 0.15) is 11.6 Å². The molecule has 0 fully saturated rings. The monoisotopic (exact) mass is 442 g/mol. The molecule has 0 saturated heterocycles. The molecule has 6 nitrogen and oxygen atoms in total. The standard InChI is InChI=1S/C20H15F5N2O4/c1-11(18(29)27-16-10-12(21)6-7-14(16)22)31-19(30)13-4-2-3-5-15(13)26-9-8-17(28)20(23,24)25/h2-11,26H,1H3,(H,27,29)/b9-8+. The minimum Gasteiger partial charge on any atom is -0.449 e. The molecule has 1 amide bonds. The van der Waals surface area contributed by atoms with E-state index in [2.05, 4.69) is 10.6 Å². The SMILES string of the molecule is CC(OC(=O)c1ccccc1N/C=C/C(=O)C(F)(F)F)C(=O)Nc1cc(F)ccc1F. The van der Waals surface area contributed by atoms with Gasteiger partial charge in [-0.25, -0.2) is 13.6 Å². The number of ketones is 1. The topological polar surface area (TPSA) is 84.5 Å². The van der Waals surface area contributed by atoms with Crippen molar-refractivity contribution in [3.8, 4) is 0 Å². The molecule has 0 aliphatic heterocycles. The first-order valence-electron chi connectivity index (χ1n) is 8.59. The first kappa shape index (κ1) is 23.5. The molecule has 0 saturated carbocycles. The lowest BCUT2D eigenvalue weighted by Gasteiger charge is -2.15. The van der Waals surface area contributed by atoms with Gasteiger partial charge >= 0.3 is 12.1 Å². The fourth-order valence-corrected chi connectivity index (χ4v) is 2.19. The lowest BCUT2D eigenvalue weighted by atomic mass is 10.2. The number of amides is 1. The van der Waals surface area contributed by atoms with Gasteiger partial charge in [-0.05, 0) is 31.2 Å². The lowest BCUT2D eigenvalue weighted by Crippen LogP contribution is -2.30. The van der Waals surface area contributed by atoms with E-state index in [1.54, 1.807) is 0 Å². The second-order valence-electron chi connectivity index (χ2n) is 6.05. The van der Waals surface area contributed by atoms with Crippen LogP contribution in [0, 0.1) is 11.6 Å². The summed E-state index contributed by atoms with van der Waals surface area (Å²) >= 11 is 0. The third kappa shape index (κ3) is 6.63. The first-order chi connectivity index (χ1) is 14.5. The van der Waals surface area contributed by atoms with Crippen molar-refractivity contribution in [2.45, 2.75) is 19.2 Å². The van der Waals surface area contributed by atoms with Gasteiger partial charge in [0.15, 0.2) is 6.10 Å². The average molecular weight is 442 g/mol. The largest absolute Gasteiger partial charge is 0.454 e. The van der Waals surface area contributed by atoms with Crippen molar-refractivity contribution in [1.82, 2.24) is 0 Å². The van der Waals surface area contributed by atoms with Crippen LogP contribution in [0.15, 0.2) is 54.7 Å². The predicted molar refractivity (Wildman–Crippen MR) is 100 cm³/mol. The van der Waals surface area contributed by atoms with E-state index in [-0.39, 0.29) is 17.3 Å². The summed E-state index contributed by atoms with van der Waals surface area (Å²) in [5.41, 5.74) is -0.597. The molecule has 0 heterocycles. The molecule has 1 unspecified atom stereocenters. The van der Waals surface area contributed by atoms with Crippen LogP contribution in [-0.2, 0) is 14.3 Å². The van der Waals surface area contributed by atoms with E-state index in [4.69, 9.17) is 4.74 Å². The number of esters is 1. The molecule has 2 N–H and O–H groups in total. The summed E-state index contributed by atoms with van der Waals surface area (Å²) in [5, 5.41) is 4.44. The number of halogens is 5. The predicted octanol–water partition coefficient (Wildman–Crippen LogP) is 4.21. The molecule has 0 aliphatic rings. The normalized spacial score (nSPS) is 12.3. The van der Waals surface area contributed by atoms with Gasteiger partial charge in [0.05, 0.1) is 16.9 Å². The Balaban J connectivity index is 2.06. The number of benzene rings is 2. The number of allylic oxidation sites excluding steroid dienone is 1. The minimum atomic E-state index is -5.04. The van der Waals surface area contributed by atoms with E-state index in [0.29, 0.717) is 6.20 Å². The Hall–Kier alpha value is -3.76. The second-order valence-corrected chi connectivity index (χ2v) is 6.05. The zero-order chi connectivity index (χ0) is 23.2. The number of ether oxygens (including phenoxy) is 1. The number of anilines is 2. The van der Waals surface area contributed by atoms with Crippen LogP contribution in [-0.4, -0.2) is 29.9 Å². The van der Waals surface area contributed by atoms with E-state index in [1.165, 1.54) is 31.2 Å². The number of rotatable bonds is 7. The summed E-state index contributed by atoms with van der Waals surface area (Å²) in [6, 6.07) is 7.89. The van der Waals surface area contributed by atoms with Crippen LogP contribution < -0.4 is 10.6 Å². The molecule has 164 valence electrons. The van der Waals surface area contributed by atoms with Gasteiger partial charge in [-0.3, -0.25) is 9.59 Å². The van der Waals surface area contributed by atoms with E-state index < -0.39 is 47.3 Å². The maximum absolute atomic E-state index is 13.6. The Kier molecular flexibility index (Phi) is 7.46. The molecule has 11 heteroatoms. The van der Waals surface area contributed by atoms with Gasteiger partial charge in [-0.2, -0.15) is 13.2 Å². The maximum Gasteiger partial charge on any atom is 0.454 e. The second kappa shape index (κ2) is 9.83. The van der Waals surface area contributed by atoms with E-state index in [9.17, 15) is 36.3 Å². The molecular weight excluding hydrogens is 427 g/mol. The van der Waals surface area contributed by atoms with Crippen molar-refractivity contribution in [1.29, 1.82) is 0 Å². The van der Waals surface area contributed by atoms with Crippen LogP contribution in [0.3, 0.4) is 0 Å². The summed E-state index contributed by atoms with van der Waals surface area (Å²) < 4.78 is 68.5. The van der Waals surface area contributed by atoms with Crippen LogP contribution in [0.1, 0.15) is 17.3 Å². The third-order valence-electron chi connectivity index (χ3n) is 3.74. The quantitative estimate of drug-likeness (QED) is 0.381. The summed E-state index contributed by atoms with van der Waals surface area (Å²) in [6.45, 7) is 1.18. The van der Waals surface area contributed by atoms with E-state index >= 15 is 0 Å². The van der Waals surface area contributed by atoms with Crippen molar-refractivity contribution >= 4 is 29.0 Å². The average Bonchev–Trinajstić information content (AvgIpc) is 2.70. The Morgan fingerprint density at radius 3 is 2.39 bits per heavy atom. The molecule has 0 spiro atoms. The van der Waals surface area contributed by atoms with Gasteiger partial charge in [0.2, 0.25) is 0 Å². The smallest absolute Gasteiger partial charge is 0.449 e. The number of nitrogens with one attached hydrogen (secondary N) is 2. The molecule has 0 aromatic heterocycles. The van der Waals surface area contributed by atoms with Crippen LogP contribution >= 0.6 is 0 Å². The molecule has 31 heavy (non-hydrogen) atoms. The fraction of sp³-hybridized carbons (Fsp3) is 0.150. The van der Waals surface area contributed by atoms with Crippen LogP contribution in [0.25, 0.3) is 0 Å². The fourth-order valence-electron chi connectivity index (χ4n) is 2.19. The molecule has 1 atom stereocenters. The van der Waals surface area contributed by atoms with Gasteiger partial charge in [-0.15, -0.1) is 0 Å². The number of hydrogen-bond acceptors (Lipinski definition) is 5. The Bertz CT molecular complexity index is 1020. The molecular formula is C20H15F5N2O4. The van der Waals surface area contributed by atoms with Crippen LogP contribution in [0.4, 0.5) is 33.3 Å². The van der Waals surface area contributed by atoms with Crippen molar-refractivity contribution in [2.75, 3.05) is 10.6 Å². The lowest BCUT2D eigenvalue weighted by molar-refractivity contribution is -0.165. The van der Waals surface area contributed by atoms with E-state index in [1.807, 2.05) is 0 Å². The number of para-hydroxylation sites is 1. The molecule has 2 rings (SSSR count). The summed E-state index contributed by atoms with van der Waals surface area (Å²) in [7, 11) is 0. The molecule has 0 radical (unpaired) electrons. The first-order valence-corrected chi connectivity index (χ1v) is 8.59. The zero-order valence-electron chi connectivity index (χ0n) is 15.8. The van der Waals surface area contributed by atoms with Gasteiger partial charge in [0.25, 0.3) is 11.7 Å². The van der Waals surface area contributed by atoms with Crippen LogP contribution in [0.5, 0.6) is 0 Å². The molecule has 0 aliphatic carbocycles. The van der Waals surface area contributed by atoms with Crippen molar-refractivity contribution in [3.05, 3.63) is 71.9 Å². The number of carbonyl (C=O) groups excluding carboxylic acids is 3. The van der Waals surface area contributed by atoms with Gasteiger partial charge in [-0.1, -0.05) is 12.1 Å². The molecule has 0 bridgehead atoms. The Morgan fingerprint density at radius 2 is 1.71 bits per heavy atom. The van der Waals surface area contributed by atoms with Crippen LogP contribution in [0.2, 0.25) is 0 Å². The highest BCUT2D eigenvalue weighted by molar-refractivity contribution is 6.00. The molecule has 2 aromatic rings. The van der Waals surface area contributed by atoms with Gasteiger partial charge in [0, 0.05) is 18.3 Å². The summed E-state index contributed by atoms with van der Waals surface area (Å²) in [6.07, 6.45) is -5.53. The Labute approximate surface area is 172 Å². The highest BCUT2D eigenvalue weighted by Crippen LogP contribution is 2.20. The Morgan fingerprint density at radius 1 is 1.03 bits per heavy atom. The highest BCUT2D eigenvalue weighted by atomic mass is 19.4. The zero-order valence-corrected chi connectivity index (χ0v) is 15.8. The molecule has 2 aromatic carbocycles. The van der Waals surface area contributed by atoms with Crippen molar-refractivity contribution < 1.29 is 41.1 Å². The van der Waals surface area contributed by atoms with Gasteiger partial charge < -0.3 is 15.4 Å². The maximum atomic E-state index is 13.6. The number of alkyl halides is 3. The minimum absolute atomic E-state index is 0.00232. The number of carbonyl (C=O) groups is 3. The highest BCUT2D eigenvalue weighted by Gasteiger charge is 2.36. The van der Waals surface area contributed by atoms with Crippen molar-refractivity contribution in [2.24, 2.45) is 0 Å². The third-order valence-corrected chi connectivity index (χ3v) is 3.74.